The fourth-order valence-corrected chi connectivity index (χ4v) is 1.95. The zero-order valence-electron chi connectivity index (χ0n) is 8.48. The Bertz CT molecular complexity index is 431. The number of halogens is 1. The Labute approximate surface area is 89.0 Å². The van der Waals surface area contributed by atoms with Crippen LogP contribution in [0.5, 0.6) is 0 Å². The molecule has 84 valence electrons. The summed E-state index contributed by atoms with van der Waals surface area (Å²) in [5, 5.41) is 0. The third-order valence-electron chi connectivity index (χ3n) is 2.10. The van der Waals surface area contributed by atoms with Gasteiger partial charge in [-0.3, -0.25) is 0 Å². The zero-order valence-corrected chi connectivity index (χ0v) is 9.30. The van der Waals surface area contributed by atoms with Crippen LogP contribution in [0.25, 0.3) is 0 Å². The summed E-state index contributed by atoms with van der Waals surface area (Å²) in [7, 11) is -3.04. The summed E-state index contributed by atoms with van der Waals surface area (Å²) in [6.07, 6.45) is 1.38. The SMILES string of the molecule is CS(=O)(=O)CCC(N)c1ccccc1F. The van der Waals surface area contributed by atoms with Crippen molar-refractivity contribution >= 4 is 9.84 Å². The van der Waals surface area contributed by atoms with E-state index in [4.69, 9.17) is 5.73 Å². The highest BCUT2D eigenvalue weighted by molar-refractivity contribution is 7.90. The lowest BCUT2D eigenvalue weighted by atomic mass is 10.1. The maximum Gasteiger partial charge on any atom is 0.147 e. The van der Waals surface area contributed by atoms with Crippen molar-refractivity contribution < 1.29 is 12.8 Å². The highest BCUT2D eigenvalue weighted by Crippen LogP contribution is 2.17. The largest absolute Gasteiger partial charge is 0.324 e. The molecule has 0 spiro atoms. The van der Waals surface area contributed by atoms with E-state index >= 15 is 0 Å². The molecule has 1 atom stereocenters. The third-order valence-corrected chi connectivity index (χ3v) is 3.08. The number of hydrogen-bond donors (Lipinski definition) is 1. The Kier molecular flexibility index (Phi) is 3.82. The Morgan fingerprint density at radius 2 is 2.00 bits per heavy atom. The zero-order chi connectivity index (χ0) is 11.5. The fourth-order valence-electron chi connectivity index (χ4n) is 1.27. The van der Waals surface area contributed by atoms with Crippen molar-refractivity contribution in [3.8, 4) is 0 Å². The van der Waals surface area contributed by atoms with Gasteiger partial charge >= 0.3 is 0 Å². The van der Waals surface area contributed by atoms with E-state index in [0.29, 0.717) is 5.56 Å². The van der Waals surface area contributed by atoms with Crippen molar-refractivity contribution in [1.29, 1.82) is 0 Å². The second-order valence-electron chi connectivity index (χ2n) is 3.55. The highest BCUT2D eigenvalue weighted by Gasteiger charge is 2.13. The highest BCUT2D eigenvalue weighted by atomic mass is 32.2. The molecule has 0 aromatic heterocycles. The lowest BCUT2D eigenvalue weighted by Gasteiger charge is -2.11. The molecule has 0 aliphatic rings. The van der Waals surface area contributed by atoms with Crippen molar-refractivity contribution in [2.45, 2.75) is 12.5 Å². The topological polar surface area (TPSA) is 60.2 Å². The van der Waals surface area contributed by atoms with Crippen LogP contribution in [0.3, 0.4) is 0 Å². The number of nitrogens with two attached hydrogens (primary N) is 1. The van der Waals surface area contributed by atoms with Crippen LogP contribution < -0.4 is 5.73 Å². The molecular weight excluding hydrogens is 217 g/mol. The molecule has 1 aromatic carbocycles. The summed E-state index contributed by atoms with van der Waals surface area (Å²) >= 11 is 0. The Morgan fingerprint density at radius 3 is 2.53 bits per heavy atom. The fraction of sp³-hybridized carbons (Fsp3) is 0.400. The smallest absolute Gasteiger partial charge is 0.147 e. The summed E-state index contributed by atoms with van der Waals surface area (Å²) in [5.41, 5.74) is 6.06. The van der Waals surface area contributed by atoms with Crippen LogP contribution in [-0.4, -0.2) is 20.4 Å². The summed E-state index contributed by atoms with van der Waals surface area (Å²) < 4.78 is 35.0. The predicted molar refractivity (Wildman–Crippen MR) is 57.7 cm³/mol. The second kappa shape index (κ2) is 4.72. The Morgan fingerprint density at radius 1 is 1.40 bits per heavy atom. The van der Waals surface area contributed by atoms with Crippen molar-refractivity contribution in [3.63, 3.8) is 0 Å². The summed E-state index contributed by atoms with van der Waals surface area (Å²) in [4.78, 5) is 0. The van der Waals surface area contributed by atoms with Crippen molar-refractivity contribution in [2.24, 2.45) is 5.73 Å². The van der Waals surface area contributed by atoms with Gasteiger partial charge in [0, 0.05) is 17.9 Å². The molecule has 15 heavy (non-hydrogen) atoms. The Balaban J connectivity index is 2.70. The van der Waals surface area contributed by atoms with Gasteiger partial charge in [0.05, 0.1) is 5.75 Å². The molecule has 2 N–H and O–H groups in total. The normalized spacial score (nSPS) is 13.8. The summed E-state index contributed by atoms with van der Waals surface area (Å²) in [6.45, 7) is 0. The minimum absolute atomic E-state index is 0.0253. The maximum absolute atomic E-state index is 13.2. The molecule has 0 fully saturated rings. The van der Waals surface area contributed by atoms with E-state index in [1.54, 1.807) is 18.2 Å². The minimum Gasteiger partial charge on any atom is -0.324 e. The number of benzene rings is 1. The summed E-state index contributed by atoms with van der Waals surface area (Å²) in [6, 6.07) is 5.57. The van der Waals surface area contributed by atoms with E-state index < -0.39 is 21.7 Å². The first kappa shape index (κ1) is 12.1. The lowest BCUT2D eigenvalue weighted by molar-refractivity contribution is 0.566. The molecule has 0 aliphatic carbocycles. The van der Waals surface area contributed by atoms with E-state index in [1.165, 1.54) is 6.07 Å². The minimum atomic E-state index is -3.04. The standard InChI is InChI=1S/C10H14FNO2S/c1-15(13,14)7-6-10(12)8-4-2-3-5-9(8)11/h2-5,10H,6-7,12H2,1H3. The third kappa shape index (κ3) is 3.97. The van der Waals surface area contributed by atoms with Crippen LogP contribution >= 0.6 is 0 Å². The summed E-state index contributed by atoms with van der Waals surface area (Å²) in [5.74, 6) is -0.416. The quantitative estimate of drug-likeness (QED) is 0.848. The monoisotopic (exact) mass is 231 g/mol. The van der Waals surface area contributed by atoms with Crippen molar-refractivity contribution in [2.75, 3.05) is 12.0 Å². The average Bonchev–Trinajstić information content (AvgIpc) is 2.14. The van der Waals surface area contributed by atoms with Gasteiger partial charge in [-0.1, -0.05) is 18.2 Å². The van der Waals surface area contributed by atoms with Gasteiger partial charge in [0.2, 0.25) is 0 Å². The van der Waals surface area contributed by atoms with Crippen molar-refractivity contribution in [3.05, 3.63) is 35.6 Å². The molecule has 0 saturated carbocycles. The molecule has 0 aliphatic heterocycles. The predicted octanol–water partition coefficient (Wildman–Crippen LogP) is 1.26. The van der Waals surface area contributed by atoms with E-state index in [9.17, 15) is 12.8 Å². The first-order valence-corrected chi connectivity index (χ1v) is 6.64. The van der Waals surface area contributed by atoms with Gasteiger partial charge in [0.1, 0.15) is 15.7 Å². The molecule has 1 aromatic rings. The van der Waals surface area contributed by atoms with Gasteiger partial charge in [-0.05, 0) is 12.5 Å². The molecule has 0 bridgehead atoms. The lowest BCUT2D eigenvalue weighted by Crippen LogP contribution is -2.16. The van der Waals surface area contributed by atoms with E-state index in [2.05, 4.69) is 0 Å². The van der Waals surface area contributed by atoms with Crippen LogP contribution in [-0.2, 0) is 9.84 Å². The average molecular weight is 231 g/mol. The van der Waals surface area contributed by atoms with Crippen LogP contribution in [0.1, 0.15) is 18.0 Å². The molecule has 3 nitrogen and oxygen atoms in total. The van der Waals surface area contributed by atoms with Gasteiger partial charge in [-0.2, -0.15) is 0 Å². The van der Waals surface area contributed by atoms with E-state index in [1.807, 2.05) is 0 Å². The second-order valence-corrected chi connectivity index (χ2v) is 5.81. The molecule has 0 heterocycles. The Hall–Kier alpha value is -0.940. The van der Waals surface area contributed by atoms with Crippen LogP contribution in [0.2, 0.25) is 0 Å². The van der Waals surface area contributed by atoms with Gasteiger partial charge in [0.25, 0.3) is 0 Å². The molecule has 1 unspecified atom stereocenters. The molecule has 0 radical (unpaired) electrons. The molecule has 0 saturated heterocycles. The molecule has 1 rings (SSSR count). The number of hydrogen-bond acceptors (Lipinski definition) is 3. The van der Waals surface area contributed by atoms with Crippen LogP contribution in [0.15, 0.2) is 24.3 Å². The molecule has 0 amide bonds. The van der Waals surface area contributed by atoms with E-state index in [-0.39, 0.29) is 12.2 Å². The molecular formula is C10H14FNO2S. The van der Waals surface area contributed by atoms with Gasteiger partial charge in [-0.15, -0.1) is 0 Å². The van der Waals surface area contributed by atoms with Crippen molar-refractivity contribution in [1.82, 2.24) is 0 Å². The number of rotatable bonds is 4. The first-order valence-electron chi connectivity index (χ1n) is 4.58. The first-order chi connectivity index (χ1) is 6.90. The van der Waals surface area contributed by atoms with Gasteiger partial charge < -0.3 is 5.73 Å². The molecule has 5 heteroatoms. The van der Waals surface area contributed by atoms with E-state index in [0.717, 1.165) is 6.26 Å². The van der Waals surface area contributed by atoms with Crippen LogP contribution in [0, 0.1) is 5.82 Å². The van der Waals surface area contributed by atoms with Gasteiger partial charge in [0.15, 0.2) is 0 Å². The number of sulfone groups is 1. The maximum atomic E-state index is 13.2. The van der Waals surface area contributed by atoms with Gasteiger partial charge in [-0.25, -0.2) is 12.8 Å². The van der Waals surface area contributed by atoms with Crippen LogP contribution in [0.4, 0.5) is 4.39 Å².